The van der Waals surface area contributed by atoms with E-state index in [0.29, 0.717) is 23.4 Å². The second kappa shape index (κ2) is 7.82. The Bertz CT molecular complexity index is 1350. The van der Waals surface area contributed by atoms with E-state index in [2.05, 4.69) is 9.97 Å². The number of hydrogen-bond donors (Lipinski definition) is 4. The van der Waals surface area contributed by atoms with Crippen LogP contribution in [-0.4, -0.2) is 73.4 Å². The molecule has 10 heteroatoms. The third kappa shape index (κ3) is 3.06. The number of aliphatic hydroxyl groups is 3. The number of likely N-dealkylation sites (N-methyl/N-ethyl adjacent to an activating group) is 1. The van der Waals surface area contributed by atoms with E-state index >= 15 is 0 Å². The van der Waals surface area contributed by atoms with Gasteiger partial charge in [-0.3, -0.25) is 19.3 Å². The minimum atomic E-state index is -2.58. The van der Waals surface area contributed by atoms with Crippen LogP contribution in [0.5, 0.6) is 0 Å². The summed E-state index contributed by atoms with van der Waals surface area (Å²) in [7, 11) is 3.16. The number of benzene rings is 1. The van der Waals surface area contributed by atoms with E-state index in [4.69, 9.17) is 5.73 Å². The van der Waals surface area contributed by atoms with Gasteiger partial charge in [0.1, 0.15) is 17.1 Å². The number of primary amides is 1. The van der Waals surface area contributed by atoms with Gasteiger partial charge in [0.25, 0.3) is 5.91 Å². The van der Waals surface area contributed by atoms with Crippen molar-refractivity contribution in [2.24, 2.45) is 17.6 Å². The summed E-state index contributed by atoms with van der Waals surface area (Å²) in [6.45, 7) is 0. The van der Waals surface area contributed by atoms with Crippen LogP contribution in [0.2, 0.25) is 0 Å². The number of carbonyl (C=O) groups is 3. The van der Waals surface area contributed by atoms with Crippen molar-refractivity contribution in [1.29, 1.82) is 0 Å². The predicted octanol–water partition coefficient (Wildman–Crippen LogP) is 0.715. The molecule has 0 bridgehead atoms. The Kier molecular flexibility index (Phi) is 5.11. The topological polar surface area (TPSA) is 167 Å². The van der Waals surface area contributed by atoms with E-state index in [9.17, 15) is 29.7 Å². The summed E-state index contributed by atoms with van der Waals surface area (Å²) in [4.78, 5) is 49.0. The Hall–Kier alpha value is -3.89. The lowest BCUT2D eigenvalue weighted by molar-refractivity contribution is -0.153. The van der Waals surface area contributed by atoms with E-state index in [1.54, 1.807) is 44.7 Å². The number of Topliss-reactive ketones (excluding diaryl/α,β-unsaturated/α-hetero) is 2. The fraction of sp³-hybridized carbons (Fsp3) is 0.320. The van der Waals surface area contributed by atoms with Crippen LogP contribution in [0, 0.1) is 11.8 Å². The largest absolute Gasteiger partial charge is 0.508 e. The molecule has 1 fully saturated rings. The number of rotatable bonds is 3. The molecule has 1 heterocycles. The lowest BCUT2D eigenvalue weighted by Crippen LogP contribution is -2.65. The summed E-state index contributed by atoms with van der Waals surface area (Å²) in [5.74, 6) is -5.47. The van der Waals surface area contributed by atoms with Crippen molar-refractivity contribution in [3.05, 3.63) is 64.7 Å². The summed E-state index contributed by atoms with van der Waals surface area (Å²) in [6, 6.07) is 5.79. The highest BCUT2D eigenvalue weighted by Crippen LogP contribution is 2.52. The molecule has 0 saturated heterocycles. The maximum absolute atomic E-state index is 13.8. The maximum atomic E-state index is 13.8. The number of nitrogens with two attached hydrogens (primary N) is 1. The van der Waals surface area contributed by atoms with Crippen molar-refractivity contribution < 1.29 is 29.7 Å². The second-order valence-electron chi connectivity index (χ2n) is 9.37. The fourth-order valence-corrected chi connectivity index (χ4v) is 5.82. The zero-order valence-electron chi connectivity index (χ0n) is 19.1. The van der Waals surface area contributed by atoms with Crippen molar-refractivity contribution in [2.45, 2.75) is 24.5 Å². The first-order chi connectivity index (χ1) is 16.6. The number of aromatic nitrogens is 2. The van der Waals surface area contributed by atoms with E-state index in [1.807, 2.05) is 6.07 Å². The molecule has 35 heavy (non-hydrogen) atoms. The first-order valence-corrected chi connectivity index (χ1v) is 11.1. The quantitative estimate of drug-likeness (QED) is 0.467. The monoisotopic (exact) mass is 476 g/mol. The number of nitrogens with zero attached hydrogens (tertiary/aromatic N) is 3. The van der Waals surface area contributed by atoms with E-state index in [-0.39, 0.29) is 17.8 Å². The summed E-state index contributed by atoms with van der Waals surface area (Å²) in [5.41, 5.74) is 3.75. The number of ketones is 2. The van der Waals surface area contributed by atoms with Gasteiger partial charge < -0.3 is 21.1 Å². The van der Waals surface area contributed by atoms with Crippen molar-refractivity contribution in [2.75, 3.05) is 14.1 Å². The number of aliphatic hydroxyl groups excluding tert-OH is 2. The zero-order chi connectivity index (χ0) is 25.2. The van der Waals surface area contributed by atoms with Crippen LogP contribution in [0.15, 0.2) is 53.6 Å². The molecule has 4 atom stereocenters. The van der Waals surface area contributed by atoms with Gasteiger partial charge in [-0.1, -0.05) is 18.2 Å². The molecule has 3 aliphatic carbocycles. The van der Waals surface area contributed by atoms with Crippen LogP contribution < -0.4 is 5.73 Å². The van der Waals surface area contributed by atoms with Gasteiger partial charge in [0.15, 0.2) is 17.2 Å². The standard InChI is InChI=1S/C25H24N4O6/c1-29(2)18-15-10-11-9-14-12(5-3-6-13(14)24-27-7-4-8-28-24)19(30)16(11)21(32)25(15,35)22(33)17(20(18)31)23(26)34/h3-8,11,15,18,30,33,35H,9-10H2,1-2H3,(H2,26,34)/t11-,15-,18+,25-/m0/s1. The summed E-state index contributed by atoms with van der Waals surface area (Å²) in [6.07, 6.45) is 3.63. The highest BCUT2D eigenvalue weighted by atomic mass is 16.3. The van der Waals surface area contributed by atoms with Crippen LogP contribution in [0.4, 0.5) is 0 Å². The van der Waals surface area contributed by atoms with Gasteiger partial charge in [-0.05, 0) is 44.5 Å². The lowest BCUT2D eigenvalue weighted by Gasteiger charge is -2.50. The van der Waals surface area contributed by atoms with Crippen molar-refractivity contribution >= 4 is 23.2 Å². The van der Waals surface area contributed by atoms with Crippen molar-refractivity contribution in [3.63, 3.8) is 0 Å². The zero-order valence-corrected chi connectivity index (χ0v) is 19.1. The van der Waals surface area contributed by atoms with Crippen molar-refractivity contribution in [1.82, 2.24) is 14.9 Å². The normalized spacial score (nSPS) is 28.1. The molecule has 2 aromatic rings. The molecule has 0 spiro atoms. The Morgan fingerprint density at radius 1 is 1.11 bits per heavy atom. The van der Waals surface area contributed by atoms with Gasteiger partial charge in [-0.2, -0.15) is 0 Å². The van der Waals surface area contributed by atoms with Gasteiger partial charge in [-0.25, -0.2) is 9.97 Å². The van der Waals surface area contributed by atoms with Crippen molar-refractivity contribution in [3.8, 4) is 11.4 Å². The molecule has 0 aliphatic heterocycles. The highest BCUT2D eigenvalue weighted by molar-refractivity contribution is 6.24. The molecule has 1 aromatic heterocycles. The van der Waals surface area contributed by atoms with Gasteiger partial charge in [0.2, 0.25) is 5.78 Å². The molecule has 0 unspecified atom stereocenters. The van der Waals surface area contributed by atoms with Gasteiger partial charge >= 0.3 is 0 Å². The van der Waals surface area contributed by atoms with Crippen LogP contribution in [0.1, 0.15) is 17.5 Å². The van der Waals surface area contributed by atoms with E-state index < -0.39 is 52.3 Å². The van der Waals surface area contributed by atoms with Crippen LogP contribution in [0.3, 0.4) is 0 Å². The molecule has 0 radical (unpaired) electrons. The van der Waals surface area contributed by atoms with Gasteiger partial charge in [0.05, 0.1) is 6.04 Å². The molecule has 1 saturated carbocycles. The first kappa shape index (κ1) is 22.9. The molecule has 180 valence electrons. The number of hydrogen-bond acceptors (Lipinski definition) is 9. The summed E-state index contributed by atoms with van der Waals surface area (Å²) >= 11 is 0. The minimum Gasteiger partial charge on any atom is -0.508 e. The minimum absolute atomic E-state index is 0.0513. The Morgan fingerprint density at radius 2 is 1.77 bits per heavy atom. The molecule has 1 aromatic carbocycles. The molecular weight excluding hydrogens is 452 g/mol. The van der Waals surface area contributed by atoms with Gasteiger partial charge in [-0.15, -0.1) is 0 Å². The second-order valence-corrected chi connectivity index (χ2v) is 9.37. The number of fused-ring (bicyclic) bond motifs is 3. The molecule has 5 rings (SSSR count). The first-order valence-electron chi connectivity index (χ1n) is 11.1. The Labute approximate surface area is 200 Å². The number of carbonyl (C=O) groups excluding carboxylic acids is 3. The molecule has 10 nitrogen and oxygen atoms in total. The van der Waals surface area contributed by atoms with Crippen LogP contribution in [-0.2, 0) is 20.8 Å². The Morgan fingerprint density at radius 3 is 2.40 bits per heavy atom. The molecular formula is C25H24N4O6. The van der Waals surface area contributed by atoms with Crippen LogP contribution in [0.25, 0.3) is 17.1 Å². The van der Waals surface area contributed by atoms with Gasteiger partial charge in [0, 0.05) is 35.0 Å². The SMILES string of the molecule is CN(C)[C@H]1C(=O)C(C(N)=O)=C(O)[C@@]2(O)C(=O)C3=C(O)c4cccc(-c5ncccn5)c4C[C@H]3C[C@@H]12. The average molecular weight is 476 g/mol. The fourth-order valence-electron chi connectivity index (χ4n) is 5.82. The smallest absolute Gasteiger partial charge is 0.255 e. The number of amides is 1. The third-order valence-electron chi connectivity index (χ3n) is 7.31. The third-order valence-corrected chi connectivity index (χ3v) is 7.31. The molecule has 1 amide bonds. The van der Waals surface area contributed by atoms with E-state index in [0.717, 1.165) is 5.56 Å². The molecule has 3 aliphatic rings. The average Bonchev–Trinajstić information content (AvgIpc) is 2.81. The summed E-state index contributed by atoms with van der Waals surface area (Å²) in [5, 5.41) is 33.7. The predicted molar refractivity (Wildman–Crippen MR) is 124 cm³/mol. The lowest BCUT2D eigenvalue weighted by atomic mass is 9.57. The van der Waals surface area contributed by atoms with E-state index in [1.165, 1.54) is 4.90 Å². The molecule has 5 N–H and O–H groups in total. The van der Waals surface area contributed by atoms with Crippen LogP contribution >= 0.6 is 0 Å². The highest BCUT2D eigenvalue weighted by Gasteiger charge is 2.64. The Balaban J connectivity index is 1.72. The maximum Gasteiger partial charge on any atom is 0.255 e. The summed E-state index contributed by atoms with van der Waals surface area (Å²) < 4.78 is 0.